The fourth-order valence-corrected chi connectivity index (χ4v) is 7.13. The molecule has 3 heterocycles. The van der Waals surface area contributed by atoms with Crippen LogP contribution in [0.4, 0.5) is 0 Å². The summed E-state index contributed by atoms with van der Waals surface area (Å²) < 4.78 is 0. The van der Waals surface area contributed by atoms with E-state index in [1.165, 1.54) is 11.8 Å². The summed E-state index contributed by atoms with van der Waals surface area (Å²) in [6, 6.07) is 0. The molecule has 3 saturated heterocycles. The second kappa shape index (κ2) is 1.77. The first-order chi connectivity index (χ1) is 6.09. The number of carboxylic acids is 2. The molecule has 3 rings (SSSR count). The third-order valence-electron chi connectivity index (χ3n) is 3.24. The van der Waals surface area contributed by atoms with Crippen LogP contribution in [0.1, 0.15) is 0 Å². The van der Waals surface area contributed by atoms with E-state index in [4.69, 9.17) is 10.2 Å². The third kappa shape index (κ3) is 0.693. The summed E-state index contributed by atoms with van der Waals surface area (Å²) in [6.45, 7) is 0. The van der Waals surface area contributed by atoms with Crippen molar-refractivity contribution in [2.45, 2.75) is 15.7 Å². The molecule has 70 valence electrons. The molecule has 0 saturated carbocycles. The largest absolute Gasteiger partial charge is 0.477 e. The van der Waals surface area contributed by atoms with Gasteiger partial charge in [-0.15, -0.1) is 0 Å². The SMILES string of the molecule is O=C(O)C(=CC1C2C3CS132)C(=O)O. The molecular formula is C8H8O4S. The summed E-state index contributed by atoms with van der Waals surface area (Å²) in [5, 5.41) is 19.1. The van der Waals surface area contributed by atoms with Crippen LogP contribution in [0.3, 0.4) is 0 Å². The van der Waals surface area contributed by atoms with Crippen LogP contribution in [-0.4, -0.2) is 43.7 Å². The van der Waals surface area contributed by atoms with Crippen LogP contribution in [0, 0.1) is 0 Å². The van der Waals surface area contributed by atoms with Crippen molar-refractivity contribution >= 4 is 22.0 Å². The van der Waals surface area contributed by atoms with Gasteiger partial charge in [-0.1, -0.05) is 0 Å². The number of hydrogen-bond acceptors (Lipinski definition) is 2. The summed E-state index contributed by atoms with van der Waals surface area (Å²) in [5.74, 6) is -1.36. The first-order valence-electron chi connectivity index (χ1n) is 4.05. The molecule has 4 atom stereocenters. The van der Waals surface area contributed by atoms with Gasteiger partial charge >= 0.3 is 11.9 Å². The predicted octanol–water partition coefficient (Wildman–Crippen LogP) is 0.0332. The minimum absolute atomic E-state index is 0.347. The fourth-order valence-electron chi connectivity index (χ4n) is 2.25. The normalized spacial score (nSPS) is 51.8. The Kier molecular flexibility index (Phi) is 1.01. The van der Waals surface area contributed by atoms with Gasteiger partial charge in [-0.2, -0.15) is 0 Å². The van der Waals surface area contributed by atoms with Gasteiger partial charge in [-0.3, -0.25) is 0 Å². The van der Waals surface area contributed by atoms with Crippen molar-refractivity contribution < 1.29 is 19.8 Å². The highest BCUT2D eigenvalue weighted by molar-refractivity contribution is 8.54. The van der Waals surface area contributed by atoms with E-state index in [-0.39, 0.29) is 10.0 Å². The molecule has 3 aliphatic rings. The van der Waals surface area contributed by atoms with Crippen molar-refractivity contribution in [3.8, 4) is 0 Å². The Morgan fingerprint density at radius 2 is 1.85 bits per heavy atom. The molecule has 0 amide bonds. The molecule has 5 heteroatoms. The molecule has 0 aliphatic carbocycles. The second-order valence-corrected chi connectivity index (χ2v) is 7.58. The molecule has 0 aromatic carbocycles. The van der Waals surface area contributed by atoms with Gasteiger partial charge in [0.25, 0.3) is 0 Å². The Hall–Kier alpha value is -0.970. The average molecular weight is 200 g/mol. The van der Waals surface area contributed by atoms with Crippen LogP contribution < -0.4 is 0 Å². The number of carbonyl (C=O) groups is 2. The topological polar surface area (TPSA) is 74.6 Å². The van der Waals surface area contributed by atoms with E-state index in [1.54, 1.807) is 0 Å². The highest BCUT2D eigenvalue weighted by Gasteiger charge is 2.93. The smallest absolute Gasteiger partial charge is 0.342 e. The highest BCUT2D eigenvalue weighted by Crippen LogP contribution is 3.08. The zero-order valence-electron chi connectivity index (χ0n) is 6.64. The van der Waals surface area contributed by atoms with Gasteiger partial charge in [0.05, 0.1) is 0 Å². The minimum atomic E-state index is -1.31. The van der Waals surface area contributed by atoms with Gasteiger partial charge in [0, 0.05) is 15.7 Å². The highest BCUT2D eigenvalue weighted by atomic mass is 32.3. The molecule has 4 unspecified atom stereocenters. The average Bonchev–Trinajstić information content (AvgIpc) is 2.84. The van der Waals surface area contributed by atoms with Crippen LogP contribution in [0.15, 0.2) is 11.6 Å². The third-order valence-corrected chi connectivity index (χ3v) is 7.79. The molecule has 3 aliphatic heterocycles. The molecule has 13 heavy (non-hydrogen) atoms. The van der Waals surface area contributed by atoms with Crippen molar-refractivity contribution in [1.82, 2.24) is 0 Å². The maximum Gasteiger partial charge on any atom is 0.342 e. The Morgan fingerprint density at radius 1 is 1.31 bits per heavy atom. The lowest BCUT2D eigenvalue weighted by Crippen LogP contribution is -2.13. The van der Waals surface area contributed by atoms with E-state index in [0.717, 1.165) is 10.5 Å². The van der Waals surface area contributed by atoms with Crippen molar-refractivity contribution in [3.05, 3.63) is 11.6 Å². The number of hydrogen-bond donors (Lipinski definition) is 2. The summed E-state index contributed by atoms with van der Waals surface area (Å²) in [6.07, 6.45) is 1.47. The first-order valence-corrected chi connectivity index (χ1v) is 6.04. The molecule has 1 spiro atoms. The van der Waals surface area contributed by atoms with Gasteiger partial charge < -0.3 is 10.2 Å². The second-order valence-electron chi connectivity index (χ2n) is 3.73. The van der Waals surface area contributed by atoms with E-state index in [2.05, 4.69) is 0 Å². The zero-order valence-corrected chi connectivity index (χ0v) is 7.45. The number of fused-ring (bicyclic) bond motifs is 1. The maximum atomic E-state index is 10.5. The standard InChI is InChI=1S/C8H8O4S/c9-7(10)3(8(11)12)1-4-6-5-2-13(4,5)6/h1,4-6H,2H2,(H,9,10)(H,11,12). The van der Waals surface area contributed by atoms with Gasteiger partial charge in [-0.25, -0.2) is 19.6 Å². The summed E-state index contributed by atoms with van der Waals surface area (Å²) in [7, 11) is -0.389. The van der Waals surface area contributed by atoms with Crippen LogP contribution in [0.2, 0.25) is 0 Å². The van der Waals surface area contributed by atoms with Crippen molar-refractivity contribution in [2.24, 2.45) is 0 Å². The monoisotopic (exact) mass is 200 g/mol. The van der Waals surface area contributed by atoms with Crippen LogP contribution in [0.25, 0.3) is 0 Å². The van der Waals surface area contributed by atoms with E-state index in [1.807, 2.05) is 0 Å². The molecule has 4 nitrogen and oxygen atoms in total. The Balaban J connectivity index is 1.80. The molecule has 2 N–H and O–H groups in total. The molecule has 0 aromatic heterocycles. The summed E-state index contributed by atoms with van der Waals surface area (Å²) in [5.41, 5.74) is -0.440. The molecule has 0 radical (unpaired) electrons. The number of rotatable bonds is 3. The van der Waals surface area contributed by atoms with Gasteiger partial charge in [0.1, 0.15) is 5.57 Å². The summed E-state index contributed by atoms with van der Waals surface area (Å²) >= 11 is 0. The molecule has 0 bridgehead atoms. The van der Waals surface area contributed by atoms with Crippen LogP contribution in [0.5, 0.6) is 0 Å². The zero-order chi connectivity index (χ0) is 9.38. The molecule has 0 aromatic rings. The van der Waals surface area contributed by atoms with E-state index in [9.17, 15) is 9.59 Å². The van der Waals surface area contributed by atoms with Gasteiger partial charge in [-0.05, 0) is 11.8 Å². The van der Waals surface area contributed by atoms with E-state index in [0.29, 0.717) is 5.25 Å². The molecule has 3 fully saturated rings. The van der Waals surface area contributed by atoms with E-state index < -0.39 is 17.5 Å². The fraction of sp³-hybridized carbons (Fsp3) is 0.500. The van der Waals surface area contributed by atoms with Gasteiger partial charge in [0.2, 0.25) is 0 Å². The lowest BCUT2D eigenvalue weighted by molar-refractivity contribution is -0.140. The lowest BCUT2D eigenvalue weighted by atomic mass is 10.1. The Morgan fingerprint density at radius 3 is 2.15 bits per heavy atom. The summed E-state index contributed by atoms with van der Waals surface area (Å²) in [4.78, 5) is 21.0. The Labute approximate surface area is 75.6 Å². The lowest BCUT2D eigenvalue weighted by Gasteiger charge is -1.97. The van der Waals surface area contributed by atoms with Crippen molar-refractivity contribution in [1.29, 1.82) is 0 Å². The number of aliphatic carboxylic acids is 2. The van der Waals surface area contributed by atoms with E-state index >= 15 is 0 Å². The van der Waals surface area contributed by atoms with Crippen LogP contribution in [-0.2, 0) is 9.59 Å². The molecular weight excluding hydrogens is 192 g/mol. The van der Waals surface area contributed by atoms with Gasteiger partial charge in [0.15, 0.2) is 0 Å². The quantitative estimate of drug-likeness (QED) is 0.292. The Bertz CT molecular complexity index is 358. The number of carboxylic acid groups (broad SMARTS) is 2. The van der Waals surface area contributed by atoms with Crippen molar-refractivity contribution in [2.75, 3.05) is 5.75 Å². The van der Waals surface area contributed by atoms with Crippen LogP contribution >= 0.6 is 10.0 Å². The first kappa shape index (κ1) is 7.44. The predicted molar refractivity (Wildman–Crippen MR) is 47.2 cm³/mol. The maximum absolute atomic E-state index is 10.5. The minimum Gasteiger partial charge on any atom is -0.477 e. The van der Waals surface area contributed by atoms with Crippen molar-refractivity contribution in [3.63, 3.8) is 0 Å².